The quantitative estimate of drug-likeness (QED) is 0.553. The Bertz CT molecular complexity index is 332. The summed E-state index contributed by atoms with van der Waals surface area (Å²) in [5.74, 6) is 0. The van der Waals surface area contributed by atoms with Crippen LogP contribution in [0.3, 0.4) is 0 Å². The molecule has 15 heavy (non-hydrogen) atoms. The molecule has 4 nitrogen and oxygen atoms in total. The van der Waals surface area contributed by atoms with Crippen molar-refractivity contribution in [2.24, 2.45) is 0 Å². The molecule has 0 atom stereocenters. The van der Waals surface area contributed by atoms with E-state index in [0.717, 1.165) is 18.0 Å². The van der Waals surface area contributed by atoms with Gasteiger partial charge in [-0.05, 0) is 30.9 Å². The first-order chi connectivity index (χ1) is 7.25. The van der Waals surface area contributed by atoms with Crippen LogP contribution < -0.4 is 5.46 Å². The van der Waals surface area contributed by atoms with E-state index in [1.165, 1.54) is 19.0 Å². The Hall–Kier alpha value is -0.555. The fraction of sp³-hybridized carbons (Fsp3) is 0.444. The highest BCUT2D eigenvalue weighted by molar-refractivity contribution is 7.97. The number of aromatic nitrogens is 1. The third-order valence-corrected chi connectivity index (χ3v) is 3.39. The van der Waals surface area contributed by atoms with Gasteiger partial charge in [0.2, 0.25) is 0 Å². The second-order valence-electron chi connectivity index (χ2n) is 3.56. The molecule has 2 rings (SSSR count). The van der Waals surface area contributed by atoms with Gasteiger partial charge < -0.3 is 10.0 Å². The van der Waals surface area contributed by atoms with Crippen molar-refractivity contribution < 1.29 is 10.0 Å². The number of nitrogens with zero attached hydrogens (tertiary/aromatic N) is 2. The molecule has 1 aromatic heterocycles. The number of hydrogen-bond acceptors (Lipinski definition) is 5. The lowest BCUT2D eigenvalue weighted by molar-refractivity contribution is 0.425. The van der Waals surface area contributed by atoms with Gasteiger partial charge in [-0.3, -0.25) is 4.98 Å². The van der Waals surface area contributed by atoms with Gasteiger partial charge in [0.15, 0.2) is 0 Å². The zero-order valence-electron chi connectivity index (χ0n) is 8.33. The van der Waals surface area contributed by atoms with Crippen molar-refractivity contribution in [3.8, 4) is 0 Å². The topological polar surface area (TPSA) is 56.6 Å². The molecule has 6 heteroatoms. The van der Waals surface area contributed by atoms with Gasteiger partial charge in [-0.1, -0.05) is 0 Å². The smallest absolute Gasteiger partial charge is 0.423 e. The molecule has 1 fully saturated rings. The van der Waals surface area contributed by atoms with Gasteiger partial charge in [-0.15, -0.1) is 0 Å². The molecule has 0 unspecified atom stereocenters. The van der Waals surface area contributed by atoms with Gasteiger partial charge in [-0.25, -0.2) is 4.31 Å². The first kappa shape index (κ1) is 10.9. The third kappa shape index (κ3) is 2.95. The van der Waals surface area contributed by atoms with Crippen LogP contribution in [0.1, 0.15) is 12.8 Å². The highest BCUT2D eigenvalue weighted by Gasteiger charge is 2.15. The van der Waals surface area contributed by atoms with Gasteiger partial charge in [0.1, 0.15) is 0 Å². The Morgan fingerprint density at radius 2 is 2.00 bits per heavy atom. The average Bonchev–Trinajstić information content (AvgIpc) is 2.71. The van der Waals surface area contributed by atoms with Crippen molar-refractivity contribution >= 4 is 24.5 Å². The van der Waals surface area contributed by atoms with Crippen LogP contribution in [-0.2, 0) is 0 Å². The molecule has 1 saturated heterocycles. The summed E-state index contributed by atoms with van der Waals surface area (Å²) in [6.07, 6.45) is 5.69. The minimum atomic E-state index is -1.43. The Labute approximate surface area is 93.6 Å². The maximum absolute atomic E-state index is 9.00. The van der Waals surface area contributed by atoms with Crippen LogP contribution in [0.2, 0.25) is 0 Å². The van der Waals surface area contributed by atoms with E-state index in [1.807, 2.05) is 0 Å². The predicted molar refractivity (Wildman–Crippen MR) is 60.7 cm³/mol. The van der Waals surface area contributed by atoms with E-state index in [1.54, 1.807) is 24.2 Å². The van der Waals surface area contributed by atoms with Crippen molar-refractivity contribution in [1.29, 1.82) is 0 Å². The Morgan fingerprint density at radius 3 is 2.67 bits per heavy atom. The molecule has 1 aromatic rings. The molecule has 1 aliphatic rings. The molecule has 1 aliphatic heterocycles. The summed E-state index contributed by atoms with van der Waals surface area (Å²) >= 11 is 1.63. The van der Waals surface area contributed by atoms with Gasteiger partial charge >= 0.3 is 7.12 Å². The van der Waals surface area contributed by atoms with E-state index in [0.29, 0.717) is 5.46 Å². The van der Waals surface area contributed by atoms with Gasteiger partial charge in [0.05, 0.1) is 0 Å². The lowest BCUT2D eigenvalue weighted by Crippen LogP contribution is -2.30. The zero-order chi connectivity index (χ0) is 10.7. The van der Waals surface area contributed by atoms with Crippen LogP contribution in [0.15, 0.2) is 23.4 Å². The molecular formula is C9H13BN2O2S. The second-order valence-corrected chi connectivity index (χ2v) is 4.73. The van der Waals surface area contributed by atoms with E-state index < -0.39 is 7.12 Å². The third-order valence-electron chi connectivity index (χ3n) is 2.33. The number of rotatable bonds is 3. The molecule has 0 aromatic carbocycles. The van der Waals surface area contributed by atoms with Crippen molar-refractivity contribution in [2.45, 2.75) is 17.7 Å². The Balaban J connectivity index is 2.04. The van der Waals surface area contributed by atoms with E-state index in [9.17, 15) is 0 Å². The van der Waals surface area contributed by atoms with Crippen molar-refractivity contribution in [3.63, 3.8) is 0 Å². The summed E-state index contributed by atoms with van der Waals surface area (Å²) in [6.45, 7) is 2.19. The van der Waals surface area contributed by atoms with Crippen LogP contribution >= 0.6 is 11.9 Å². The summed E-state index contributed by atoms with van der Waals surface area (Å²) in [6, 6.07) is 1.76. The molecule has 0 amide bonds. The first-order valence-electron chi connectivity index (χ1n) is 5.00. The van der Waals surface area contributed by atoms with Crippen LogP contribution in [0.25, 0.3) is 0 Å². The van der Waals surface area contributed by atoms with Crippen LogP contribution in [-0.4, -0.2) is 39.5 Å². The number of pyridine rings is 1. The molecular weight excluding hydrogens is 211 g/mol. The van der Waals surface area contributed by atoms with Crippen LogP contribution in [0.4, 0.5) is 0 Å². The molecule has 0 spiro atoms. The standard InChI is InChI=1S/C9H13BN2O2S/c13-10(14)8-5-9(7-11-6-8)15-12-3-1-2-4-12/h5-7,13-14H,1-4H2. The SMILES string of the molecule is OB(O)c1cncc(SN2CCCC2)c1. The fourth-order valence-corrected chi connectivity index (χ4v) is 2.59. The van der Waals surface area contributed by atoms with Crippen molar-refractivity contribution in [3.05, 3.63) is 18.5 Å². The van der Waals surface area contributed by atoms with Crippen LogP contribution in [0, 0.1) is 0 Å². The highest BCUT2D eigenvalue weighted by Crippen LogP contribution is 2.25. The summed E-state index contributed by atoms with van der Waals surface area (Å²) < 4.78 is 2.27. The second kappa shape index (κ2) is 4.98. The minimum Gasteiger partial charge on any atom is -0.423 e. The van der Waals surface area contributed by atoms with Gasteiger partial charge in [-0.2, -0.15) is 0 Å². The molecule has 0 radical (unpaired) electrons. The van der Waals surface area contributed by atoms with E-state index in [4.69, 9.17) is 10.0 Å². The minimum absolute atomic E-state index is 0.444. The summed E-state index contributed by atoms with van der Waals surface area (Å²) in [4.78, 5) is 4.94. The molecule has 0 saturated carbocycles. The van der Waals surface area contributed by atoms with E-state index in [-0.39, 0.29) is 0 Å². The Kier molecular flexibility index (Phi) is 3.64. The zero-order valence-corrected chi connectivity index (χ0v) is 9.15. The fourth-order valence-electron chi connectivity index (χ4n) is 1.56. The summed E-state index contributed by atoms with van der Waals surface area (Å²) in [7, 11) is -1.43. The summed E-state index contributed by atoms with van der Waals surface area (Å²) in [5, 5.41) is 18.0. The van der Waals surface area contributed by atoms with Gasteiger partial charge in [0.25, 0.3) is 0 Å². The molecule has 80 valence electrons. The van der Waals surface area contributed by atoms with Gasteiger partial charge in [0, 0.05) is 35.8 Å². The monoisotopic (exact) mass is 224 g/mol. The van der Waals surface area contributed by atoms with Crippen molar-refractivity contribution in [2.75, 3.05) is 13.1 Å². The normalized spacial score (nSPS) is 16.9. The largest absolute Gasteiger partial charge is 0.490 e. The lowest BCUT2D eigenvalue weighted by atomic mass is 9.82. The summed E-state index contributed by atoms with van der Waals surface area (Å²) in [5.41, 5.74) is 0.444. The van der Waals surface area contributed by atoms with E-state index >= 15 is 0 Å². The lowest BCUT2D eigenvalue weighted by Gasteiger charge is -2.13. The first-order valence-corrected chi connectivity index (χ1v) is 5.77. The highest BCUT2D eigenvalue weighted by atomic mass is 32.2. The molecule has 0 bridgehead atoms. The maximum Gasteiger partial charge on any atom is 0.490 e. The Morgan fingerprint density at radius 1 is 1.27 bits per heavy atom. The van der Waals surface area contributed by atoms with Crippen LogP contribution in [0.5, 0.6) is 0 Å². The average molecular weight is 224 g/mol. The van der Waals surface area contributed by atoms with Crippen molar-refractivity contribution in [1.82, 2.24) is 9.29 Å². The molecule has 0 aliphatic carbocycles. The number of hydrogen-bond donors (Lipinski definition) is 2. The molecule has 2 heterocycles. The maximum atomic E-state index is 9.00. The predicted octanol–water partition coefficient (Wildman–Crippen LogP) is -0.136. The van der Waals surface area contributed by atoms with E-state index in [2.05, 4.69) is 9.29 Å². The molecule has 2 N–H and O–H groups in total.